The first-order valence-corrected chi connectivity index (χ1v) is 4.27. The Morgan fingerprint density at radius 2 is 2.31 bits per heavy atom. The van der Waals surface area contributed by atoms with Gasteiger partial charge >= 0.3 is 0 Å². The van der Waals surface area contributed by atoms with E-state index in [1.165, 1.54) is 17.5 Å². The fourth-order valence-corrected chi connectivity index (χ4v) is 1.36. The highest BCUT2D eigenvalue weighted by Crippen LogP contribution is 2.09. The van der Waals surface area contributed by atoms with Crippen molar-refractivity contribution in [1.82, 2.24) is 4.98 Å². The Morgan fingerprint density at radius 1 is 1.38 bits per heavy atom. The minimum Gasteiger partial charge on any atom is -0.451 e. The Labute approximate surface area is 77.2 Å². The van der Waals surface area contributed by atoms with Gasteiger partial charge in [0.15, 0.2) is 6.39 Å². The van der Waals surface area contributed by atoms with Crippen molar-refractivity contribution in [2.45, 2.75) is 13.3 Å². The Balaban J connectivity index is 2.19. The van der Waals surface area contributed by atoms with Gasteiger partial charge in [0.2, 0.25) is 0 Å². The maximum Gasteiger partial charge on any atom is 0.180 e. The number of hydrogen-bond acceptors (Lipinski definition) is 2. The lowest BCUT2D eigenvalue weighted by Gasteiger charge is -1.98. The smallest absolute Gasteiger partial charge is 0.180 e. The second kappa shape index (κ2) is 3.44. The van der Waals surface area contributed by atoms with Crippen LogP contribution in [0.15, 0.2) is 41.3 Å². The minimum absolute atomic E-state index is 0.845. The van der Waals surface area contributed by atoms with Gasteiger partial charge in [-0.05, 0) is 12.5 Å². The molecule has 13 heavy (non-hydrogen) atoms. The molecule has 0 atom stereocenters. The van der Waals surface area contributed by atoms with E-state index in [4.69, 9.17) is 4.42 Å². The average Bonchev–Trinajstić information content (AvgIpc) is 2.57. The number of oxazole rings is 1. The lowest BCUT2D eigenvalue weighted by molar-refractivity contribution is 0.556. The van der Waals surface area contributed by atoms with Gasteiger partial charge in [0.1, 0.15) is 6.26 Å². The SMILES string of the molecule is Cc1cccc(Cc2cocn2)c1. The molecule has 0 unspecified atom stereocenters. The van der Waals surface area contributed by atoms with Gasteiger partial charge in [0.25, 0.3) is 0 Å². The van der Waals surface area contributed by atoms with Gasteiger partial charge in [-0.25, -0.2) is 4.98 Å². The van der Waals surface area contributed by atoms with Crippen molar-refractivity contribution in [2.24, 2.45) is 0 Å². The molecular weight excluding hydrogens is 162 g/mol. The molecule has 1 heterocycles. The molecule has 2 nitrogen and oxygen atoms in total. The van der Waals surface area contributed by atoms with Crippen molar-refractivity contribution in [3.8, 4) is 0 Å². The van der Waals surface area contributed by atoms with Crippen LogP contribution >= 0.6 is 0 Å². The number of aromatic nitrogens is 1. The van der Waals surface area contributed by atoms with Gasteiger partial charge in [-0.2, -0.15) is 0 Å². The zero-order chi connectivity index (χ0) is 9.10. The summed E-state index contributed by atoms with van der Waals surface area (Å²) in [5.41, 5.74) is 3.53. The van der Waals surface area contributed by atoms with Gasteiger partial charge in [-0.15, -0.1) is 0 Å². The van der Waals surface area contributed by atoms with E-state index < -0.39 is 0 Å². The van der Waals surface area contributed by atoms with Gasteiger partial charge < -0.3 is 4.42 Å². The van der Waals surface area contributed by atoms with E-state index in [1.807, 2.05) is 0 Å². The van der Waals surface area contributed by atoms with Crippen LogP contribution in [0, 0.1) is 6.92 Å². The molecule has 0 spiro atoms. The third kappa shape index (κ3) is 1.96. The lowest BCUT2D eigenvalue weighted by Crippen LogP contribution is -1.87. The molecule has 2 heteroatoms. The lowest BCUT2D eigenvalue weighted by atomic mass is 10.1. The Kier molecular flexibility index (Phi) is 2.13. The normalized spacial score (nSPS) is 10.2. The van der Waals surface area contributed by atoms with E-state index in [1.54, 1.807) is 6.26 Å². The molecule has 1 aromatic heterocycles. The van der Waals surface area contributed by atoms with Crippen LogP contribution in [0.4, 0.5) is 0 Å². The third-order valence-corrected chi connectivity index (χ3v) is 1.95. The molecule has 0 amide bonds. The summed E-state index contributed by atoms with van der Waals surface area (Å²) in [5, 5.41) is 0. The second-order valence-corrected chi connectivity index (χ2v) is 3.15. The molecule has 66 valence electrons. The van der Waals surface area contributed by atoms with Crippen LogP contribution in [0.1, 0.15) is 16.8 Å². The summed E-state index contributed by atoms with van der Waals surface area (Å²) < 4.78 is 4.91. The van der Waals surface area contributed by atoms with Crippen molar-refractivity contribution in [3.05, 3.63) is 53.7 Å². The van der Waals surface area contributed by atoms with Crippen LogP contribution in [0.2, 0.25) is 0 Å². The summed E-state index contributed by atoms with van der Waals surface area (Å²) in [5.74, 6) is 0. The molecule has 0 bridgehead atoms. The van der Waals surface area contributed by atoms with Crippen molar-refractivity contribution in [2.75, 3.05) is 0 Å². The molecule has 0 aliphatic heterocycles. The molecule has 0 aliphatic carbocycles. The summed E-state index contributed by atoms with van der Waals surface area (Å²) in [6, 6.07) is 8.41. The first-order valence-electron chi connectivity index (χ1n) is 4.27. The van der Waals surface area contributed by atoms with Crippen LogP contribution < -0.4 is 0 Å². The Hall–Kier alpha value is -1.57. The molecular formula is C11H11NO. The number of hydrogen-bond donors (Lipinski definition) is 0. The van der Waals surface area contributed by atoms with Crippen molar-refractivity contribution in [1.29, 1.82) is 0 Å². The molecule has 0 fully saturated rings. The van der Waals surface area contributed by atoms with E-state index in [9.17, 15) is 0 Å². The molecule has 0 saturated carbocycles. The summed E-state index contributed by atoms with van der Waals surface area (Å²) in [6.45, 7) is 2.09. The van der Waals surface area contributed by atoms with E-state index in [0.717, 1.165) is 12.1 Å². The summed E-state index contributed by atoms with van der Waals surface area (Å²) >= 11 is 0. The van der Waals surface area contributed by atoms with Crippen LogP contribution in [0.3, 0.4) is 0 Å². The first-order chi connectivity index (χ1) is 6.34. The molecule has 0 N–H and O–H groups in total. The van der Waals surface area contributed by atoms with Crippen molar-refractivity contribution < 1.29 is 4.42 Å². The quantitative estimate of drug-likeness (QED) is 0.697. The minimum atomic E-state index is 0.845. The topological polar surface area (TPSA) is 26.0 Å². The molecule has 0 aliphatic rings. The van der Waals surface area contributed by atoms with E-state index in [2.05, 4.69) is 36.2 Å². The number of aryl methyl sites for hydroxylation is 1. The summed E-state index contributed by atoms with van der Waals surface area (Å²) in [6.07, 6.45) is 3.99. The Morgan fingerprint density at radius 3 is 3.00 bits per heavy atom. The van der Waals surface area contributed by atoms with Crippen molar-refractivity contribution in [3.63, 3.8) is 0 Å². The maximum absolute atomic E-state index is 4.91. The standard InChI is InChI=1S/C11H11NO/c1-9-3-2-4-10(5-9)6-11-7-13-8-12-11/h2-5,7-8H,6H2,1H3. The largest absolute Gasteiger partial charge is 0.451 e. The molecule has 2 aromatic rings. The molecule has 2 rings (SSSR count). The fraction of sp³-hybridized carbons (Fsp3) is 0.182. The van der Waals surface area contributed by atoms with Crippen LogP contribution in [-0.4, -0.2) is 4.98 Å². The van der Waals surface area contributed by atoms with E-state index >= 15 is 0 Å². The highest BCUT2D eigenvalue weighted by atomic mass is 16.3. The van der Waals surface area contributed by atoms with Gasteiger partial charge in [0.05, 0.1) is 5.69 Å². The Bertz CT molecular complexity index is 379. The predicted molar refractivity (Wildman–Crippen MR) is 50.5 cm³/mol. The summed E-state index contributed by atoms with van der Waals surface area (Å²) in [7, 11) is 0. The summed E-state index contributed by atoms with van der Waals surface area (Å²) in [4.78, 5) is 4.07. The highest BCUT2D eigenvalue weighted by molar-refractivity contribution is 5.25. The average molecular weight is 173 g/mol. The van der Waals surface area contributed by atoms with E-state index in [0.29, 0.717) is 0 Å². The van der Waals surface area contributed by atoms with Crippen LogP contribution in [-0.2, 0) is 6.42 Å². The maximum atomic E-state index is 4.91. The number of nitrogens with zero attached hydrogens (tertiary/aromatic N) is 1. The third-order valence-electron chi connectivity index (χ3n) is 1.95. The van der Waals surface area contributed by atoms with Crippen LogP contribution in [0.5, 0.6) is 0 Å². The van der Waals surface area contributed by atoms with Gasteiger partial charge in [0, 0.05) is 6.42 Å². The molecule has 1 aromatic carbocycles. The van der Waals surface area contributed by atoms with E-state index in [-0.39, 0.29) is 0 Å². The zero-order valence-electron chi connectivity index (χ0n) is 7.53. The van der Waals surface area contributed by atoms with Gasteiger partial charge in [-0.3, -0.25) is 0 Å². The number of benzene rings is 1. The number of rotatable bonds is 2. The molecule has 0 radical (unpaired) electrons. The monoisotopic (exact) mass is 173 g/mol. The molecule has 0 saturated heterocycles. The zero-order valence-corrected chi connectivity index (χ0v) is 7.53. The fourth-order valence-electron chi connectivity index (χ4n) is 1.36. The van der Waals surface area contributed by atoms with Crippen LogP contribution in [0.25, 0.3) is 0 Å². The van der Waals surface area contributed by atoms with Crippen molar-refractivity contribution >= 4 is 0 Å². The van der Waals surface area contributed by atoms with Gasteiger partial charge in [-0.1, -0.05) is 29.8 Å². The first kappa shape index (κ1) is 8.05. The second-order valence-electron chi connectivity index (χ2n) is 3.15. The predicted octanol–water partition coefficient (Wildman–Crippen LogP) is 2.57. The highest BCUT2D eigenvalue weighted by Gasteiger charge is 1.98.